The minimum Gasteiger partial charge on any atom is -0.508 e. The zero-order valence-corrected chi connectivity index (χ0v) is 37.0. The van der Waals surface area contributed by atoms with E-state index in [0.29, 0.717) is 20.9 Å². The molecule has 0 spiro atoms. The maximum atomic E-state index is 12.6. The summed E-state index contributed by atoms with van der Waals surface area (Å²) in [5.41, 5.74) is 1.22. The van der Waals surface area contributed by atoms with Crippen LogP contribution in [-0.2, 0) is 36.8 Å². The van der Waals surface area contributed by atoms with Gasteiger partial charge in [-0.3, -0.25) is 28.8 Å². The van der Waals surface area contributed by atoms with Gasteiger partial charge in [0.15, 0.2) is 10.3 Å². The molecule has 65 heavy (non-hydrogen) atoms. The van der Waals surface area contributed by atoms with Gasteiger partial charge >= 0.3 is 11.9 Å². The number of benzene rings is 2. The highest BCUT2D eigenvalue weighted by Gasteiger charge is 2.26. The number of nitrogens with one attached hydrogen (secondary N) is 6. The van der Waals surface area contributed by atoms with Crippen LogP contribution in [0.4, 0.5) is 10.3 Å². The van der Waals surface area contributed by atoms with Crippen molar-refractivity contribution in [1.29, 1.82) is 0 Å². The molecule has 9 N–H and O–H groups in total. The van der Waals surface area contributed by atoms with E-state index in [1.807, 2.05) is 0 Å². The van der Waals surface area contributed by atoms with Gasteiger partial charge in [0, 0.05) is 13.1 Å². The van der Waals surface area contributed by atoms with E-state index in [9.17, 15) is 53.7 Å². The third-order valence-electron chi connectivity index (χ3n) is 8.32. The number of thiazole rings is 2. The highest BCUT2D eigenvalue weighted by atomic mass is 32.1. The molecule has 0 unspecified atom stereocenters. The van der Waals surface area contributed by atoms with E-state index in [4.69, 9.17) is 4.74 Å². The van der Waals surface area contributed by atoms with Crippen molar-refractivity contribution in [1.82, 2.24) is 31.2 Å². The fraction of sp³-hybridized carbons (Fsp3) is 0.171. The molecule has 0 bridgehead atoms. The van der Waals surface area contributed by atoms with Gasteiger partial charge in [0.25, 0.3) is 23.6 Å². The van der Waals surface area contributed by atoms with Crippen molar-refractivity contribution in [2.24, 2.45) is 0 Å². The lowest BCUT2D eigenvalue weighted by atomic mass is 10.1. The first-order valence-electron chi connectivity index (χ1n) is 18.8. The fourth-order valence-corrected chi connectivity index (χ4v) is 8.03. The van der Waals surface area contributed by atoms with Gasteiger partial charge in [-0.15, -0.1) is 22.7 Å². The number of carbonyl (C=O) groups excluding carboxylic acids is 7. The lowest BCUT2D eigenvalue weighted by Gasteiger charge is -2.16. The third kappa shape index (κ3) is 15.3. The van der Waals surface area contributed by atoms with Gasteiger partial charge in [-0.2, -0.15) is 0 Å². The van der Waals surface area contributed by atoms with Crippen molar-refractivity contribution in [3.8, 4) is 11.5 Å². The van der Waals surface area contributed by atoms with Crippen molar-refractivity contribution in [2.45, 2.75) is 24.9 Å². The highest BCUT2D eigenvalue weighted by Crippen LogP contribution is 2.21. The maximum Gasteiger partial charge on any atom is 0.330 e. The third-order valence-corrected chi connectivity index (χ3v) is 11.9. The minimum atomic E-state index is -1.35. The Labute approximate surface area is 384 Å². The second-order valence-electron chi connectivity index (χ2n) is 13.1. The Morgan fingerprint density at radius 2 is 1.05 bits per heavy atom. The normalized spacial score (nSPS) is 11.3. The molecule has 0 fully saturated rings. The van der Waals surface area contributed by atoms with Gasteiger partial charge in [0.2, 0.25) is 11.8 Å². The Hall–Kier alpha value is -7.54. The van der Waals surface area contributed by atoms with Gasteiger partial charge in [-0.1, -0.05) is 59.1 Å². The van der Waals surface area contributed by atoms with Crippen LogP contribution < -0.4 is 31.9 Å². The number of rotatable bonds is 18. The summed E-state index contributed by atoms with van der Waals surface area (Å²) >= 11 is 4.26. The zero-order chi connectivity index (χ0) is 46.9. The second-order valence-corrected chi connectivity index (χ2v) is 17.1. The van der Waals surface area contributed by atoms with E-state index >= 15 is 0 Å². The van der Waals surface area contributed by atoms with Crippen molar-refractivity contribution in [2.75, 3.05) is 30.8 Å². The monoisotopic (exact) mass is 962 g/mol. The highest BCUT2D eigenvalue weighted by molar-refractivity contribution is 7.18. The van der Waals surface area contributed by atoms with Crippen LogP contribution in [0.25, 0.3) is 0 Å². The maximum absolute atomic E-state index is 12.6. The van der Waals surface area contributed by atoms with Crippen LogP contribution in [0.5, 0.6) is 11.5 Å². The number of phenols is 2. The number of carbonyl (C=O) groups is 8. The van der Waals surface area contributed by atoms with Crippen molar-refractivity contribution < 1.29 is 58.4 Å². The average molecular weight is 963 g/mol. The van der Waals surface area contributed by atoms with Crippen LogP contribution in [0.3, 0.4) is 0 Å². The zero-order valence-electron chi connectivity index (χ0n) is 33.8. The first-order valence-corrected chi connectivity index (χ1v) is 22.2. The average Bonchev–Trinajstić information content (AvgIpc) is 4.13. The molecule has 4 aromatic heterocycles. The molecule has 0 aliphatic carbocycles. The van der Waals surface area contributed by atoms with E-state index in [1.165, 1.54) is 66.4 Å². The lowest BCUT2D eigenvalue weighted by molar-refractivity contribution is -0.142. The summed E-state index contributed by atoms with van der Waals surface area (Å²) in [5.74, 6) is -4.81. The van der Waals surface area contributed by atoms with Crippen LogP contribution in [0, 0.1) is 0 Å². The summed E-state index contributed by atoms with van der Waals surface area (Å²) in [5, 5.41) is 47.1. The van der Waals surface area contributed by atoms with Gasteiger partial charge in [0.1, 0.15) is 33.3 Å². The molecule has 6 aromatic rings. The molecule has 0 aliphatic heterocycles. The number of carboxylic acid groups (broad SMARTS) is 1. The molecular formula is C41H38N8O12S4. The predicted molar refractivity (Wildman–Crippen MR) is 241 cm³/mol. The number of ether oxygens (including phenoxy) is 1. The largest absolute Gasteiger partial charge is 0.508 e. The van der Waals surface area contributed by atoms with Crippen molar-refractivity contribution >= 4 is 103 Å². The number of aliphatic carboxylic acids is 1. The predicted octanol–water partition coefficient (Wildman–Crippen LogP) is 3.50. The number of anilines is 2. The van der Waals surface area contributed by atoms with E-state index in [1.54, 1.807) is 59.3 Å². The SMILES string of the molecule is COC(=O)[C@H](CNC(=O)c1cccs1)NC(=O)c1cnc(NC(=O)Cc2cccc(O)c2)s1.O=C(Cc1cccc(O)c1)Nc1ncc(C(=O)N[C@@H](CNC(=O)c2cccs2)C(=O)O)s1. The number of aromatic hydroxyl groups is 2. The van der Waals surface area contributed by atoms with Crippen LogP contribution >= 0.6 is 45.3 Å². The Balaban J connectivity index is 0.000000244. The van der Waals surface area contributed by atoms with Crippen LogP contribution in [0.2, 0.25) is 0 Å². The molecule has 6 amide bonds. The standard InChI is InChI=1S/C21H20N4O6S2.C20H18N4O6S2/c1-31-20(30)14(10-22-18(28)15-6-3-7-32-15)24-19(29)16-11-23-21(33-16)25-17(27)9-12-4-2-5-13(26)8-12;25-12-4-1-3-11(7-12)8-16(26)24-20-22-10-15(32-20)18(28)23-13(19(29)30)9-21-17(27)14-5-2-6-31-14/h2-8,11,14,26H,9-10H2,1H3,(H,22,28)(H,24,29)(H,23,25,27);1-7,10,13,25H,8-9H2,(H,21,27)(H,23,28)(H,29,30)(H,22,24,26)/t14-;13-/m00/s1. The topological polar surface area (TPSA) is 304 Å². The summed E-state index contributed by atoms with van der Waals surface area (Å²) in [4.78, 5) is 106. The summed E-state index contributed by atoms with van der Waals surface area (Å²) < 4.78 is 4.71. The Morgan fingerprint density at radius 3 is 1.45 bits per heavy atom. The van der Waals surface area contributed by atoms with Gasteiger partial charge in [-0.25, -0.2) is 19.6 Å². The van der Waals surface area contributed by atoms with Gasteiger partial charge < -0.3 is 52.0 Å². The lowest BCUT2D eigenvalue weighted by Crippen LogP contribution is -2.48. The summed E-state index contributed by atoms with van der Waals surface area (Å²) in [6.07, 6.45) is 2.50. The number of amides is 6. The van der Waals surface area contributed by atoms with Crippen molar-refractivity contribution in [3.63, 3.8) is 0 Å². The van der Waals surface area contributed by atoms with Crippen molar-refractivity contribution in [3.05, 3.63) is 127 Å². The number of aromatic nitrogens is 2. The number of phenolic OH excluding ortho intramolecular Hbond substituents is 2. The Morgan fingerprint density at radius 1 is 0.600 bits per heavy atom. The molecule has 20 nitrogen and oxygen atoms in total. The molecule has 4 heterocycles. The van der Waals surface area contributed by atoms with E-state index in [0.717, 1.165) is 22.7 Å². The molecule has 0 aliphatic rings. The van der Waals surface area contributed by atoms with Gasteiger partial charge in [-0.05, 0) is 58.3 Å². The van der Waals surface area contributed by atoms with Crippen LogP contribution in [0.1, 0.15) is 49.8 Å². The number of nitrogens with zero attached hydrogens (tertiary/aromatic N) is 2. The Kier molecular flexibility index (Phi) is 17.7. The summed E-state index contributed by atoms with van der Waals surface area (Å²) in [6.45, 7) is -0.467. The molecule has 0 radical (unpaired) electrons. The molecule has 24 heteroatoms. The molecule has 2 aromatic carbocycles. The van der Waals surface area contributed by atoms with E-state index in [-0.39, 0.29) is 69.3 Å². The summed E-state index contributed by atoms with van der Waals surface area (Å²) in [6, 6.07) is 16.8. The summed E-state index contributed by atoms with van der Waals surface area (Å²) in [7, 11) is 1.18. The number of esters is 1. The molecule has 0 saturated heterocycles. The molecule has 0 saturated carbocycles. The molecule has 2 atom stereocenters. The van der Waals surface area contributed by atoms with E-state index in [2.05, 4.69) is 41.9 Å². The molecule has 6 rings (SSSR count). The number of thiophene rings is 2. The van der Waals surface area contributed by atoms with Gasteiger partial charge in [0.05, 0.1) is 42.1 Å². The number of carboxylic acids is 1. The quantitative estimate of drug-likeness (QED) is 0.0558. The smallest absolute Gasteiger partial charge is 0.330 e. The number of hydrogen-bond donors (Lipinski definition) is 9. The number of hydrogen-bond acceptors (Lipinski definition) is 17. The first-order chi connectivity index (χ1) is 31.2. The first kappa shape index (κ1) is 48.5. The van der Waals surface area contributed by atoms with E-state index < -0.39 is 47.7 Å². The fourth-order valence-electron chi connectivity index (χ4n) is 5.28. The minimum absolute atomic E-state index is 0.000532. The number of methoxy groups -OCH3 is 1. The molecule has 338 valence electrons. The second kappa shape index (κ2) is 23.8. The van der Waals surface area contributed by atoms with Crippen LogP contribution in [-0.4, -0.2) is 105 Å². The molecular weight excluding hydrogens is 925 g/mol. The van der Waals surface area contributed by atoms with Crippen LogP contribution in [0.15, 0.2) is 96.0 Å². The Bertz CT molecular complexity index is 2630.